The van der Waals surface area contributed by atoms with E-state index in [0.717, 1.165) is 12.8 Å². The van der Waals surface area contributed by atoms with Gasteiger partial charge >= 0.3 is 0 Å². The Kier molecular flexibility index (Phi) is 5.95. The zero-order valence-electron chi connectivity index (χ0n) is 17.2. The number of carbonyl (C=O) groups is 2. The minimum absolute atomic E-state index is 0.0951. The number of ether oxygens (including phenoxy) is 1. The Balaban J connectivity index is 1.56. The molecule has 0 radical (unpaired) electrons. The zero-order chi connectivity index (χ0) is 20.7. The third kappa shape index (κ3) is 3.82. The van der Waals surface area contributed by atoms with Crippen molar-refractivity contribution in [3.63, 3.8) is 0 Å². The number of oxime groups is 1. The van der Waals surface area contributed by atoms with Crippen LogP contribution in [0.5, 0.6) is 0 Å². The topological polar surface area (TPSA) is 109 Å². The van der Waals surface area contributed by atoms with Crippen LogP contribution in [0.1, 0.15) is 46.0 Å². The minimum atomic E-state index is -1.05. The van der Waals surface area contributed by atoms with Gasteiger partial charge in [0.25, 0.3) is 0 Å². The molecule has 2 heterocycles. The highest BCUT2D eigenvalue weighted by Gasteiger charge is 2.59. The van der Waals surface area contributed by atoms with E-state index in [2.05, 4.69) is 5.16 Å². The number of hydrogen-bond acceptors (Lipinski definition) is 7. The largest absolute Gasteiger partial charge is 0.396 e. The molecule has 2 N–H and O–H groups in total. The summed E-state index contributed by atoms with van der Waals surface area (Å²) in [6.07, 6.45) is 1.13. The maximum Gasteiger partial charge on any atom is 0.233 e. The summed E-state index contributed by atoms with van der Waals surface area (Å²) in [5.41, 5.74) is 0.699. The predicted octanol–water partition coefficient (Wildman–Crippen LogP) is 0.947. The zero-order valence-corrected chi connectivity index (χ0v) is 17.2. The van der Waals surface area contributed by atoms with Crippen LogP contribution in [0, 0.1) is 29.6 Å². The van der Waals surface area contributed by atoms with Gasteiger partial charge in [0, 0.05) is 24.9 Å². The summed E-state index contributed by atoms with van der Waals surface area (Å²) in [6.45, 7) is 5.48. The van der Waals surface area contributed by atoms with Crippen LogP contribution in [-0.2, 0) is 19.2 Å². The summed E-state index contributed by atoms with van der Waals surface area (Å²) in [7, 11) is 0. The number of likely N-dealkylation sites (tertiary alicyclic amines) is 1. The van der Waals surface area contributed by atoms with Gasteiger partial charge < -0.3 is 19.8 Å². The molecule has 29 heavy (non-hydrogen) atoms. The normalized spacial score (nSPS) is 41.2. The maximum absolute atomic E-state index is 13.2. The first-order valence-electron chi connectivity index (χ1n) is 10.9. The van der Waals surface area contributed by atoms with Gasteiger partial charge in [-0.05, 0) is 31.6 Å². The SMILES string of the molecule is CC(C)CO/N=C1\C[C@@H](O)[C@@H](O)[C@@H]2[C@@H]3C(=O)N(C[C@@H]4CCCO4)C(=O)[C@@H]3CC[C@@H]12. The molecular weight excluding hydrogens is 376 g/mol. The fraction of sp³-hybridized carbons (Fsp3) is 0.857. The van der Waals surface area contributed by atoms with Crippen LogP contribution in [0.2, 0.25) is 0 Å². The van der Waals surface area contributed by atoms with Gasteiger partial charge in [0.2, 0.25) is 11.8 Å². The first-order valence-corrected chi connectivity index (χ1v) is 10.9. The molecule has 0 unspecified atom stereocenters. The smallest absolute Gasteiger partial charge is 0.233 e. The van der Waals surface area contributed by atoms with Crippen LogP contribution in [0.15, 0.2) is 5.16 Å². The van der Waals surface area contributed by atoms with Crippen molar-refractivity contribution < 1.29 is 29.4 Å². The van der Waals surface area contributed by atoms with E-state index in [-0.39, 0.29) is 30.3 Å². The van der Waals surface area contributed by atoms with Gasteiger partial charge in [-0.2, -0.15) is 0 Å². The van der Waals surface area contributed by atoms with Crippen molar-refractivity contribution in [1.29, 1.82) is 0 Å². The van der Waals surface area contributed by atoms with E-state index in [1.807, 2.05) is 13.8 Å². The molecule has 8 nitrogen and oxygen atoms in total. The highest BCUT2D eigenvalue weighted by molar-refractivity contribution is 6.06. The summed E-state index contributed by atoms with van der Waals surface area (Å²) >= 11 is 0. The fourth-order valence-electron chi connectivity index (χ4n) is 5.48. The lowest BCUT2D eigenvalue weighted by Gasteiger charge is -2.45. The second-order valence-electron chi connectivity index (χ2n) is 9.35. The Morgan fingerprint density at radius 1 is 1.17 bits per heavy atom. The summed E-state index contributed by atoms with van der Waals surface area (Å²) in [6, 6.07) is 0. The predicted molar refractivity (Wildman–Crippen MR) is 104 cm³/mol. The Morgan fingerprint density at radius 3 is 2.62 bits per heavy atom. The van der Waals surface area contributed by atoms with Crippen LogP contribution in [0.3, 0.4) is 0 Å². The molecule has 0 aromatic carbocycles. The molecule has 4 fully saturated rings. The van der Waals surface area contributed by atoms with E-state index in [1.165, 1.54) is 4.90 Å². The number of nitrogens with zero attached hydrogens (tertiary/aromatic N) is 2. The summed E-state index contributed by atoms with van der Waals surface area (Å²) < 4.78 is 5.62. The Bertz CT molecular complexity index is 674. The van der Waals surface area contributed by atoms with E-state index in [1.54, 1.807) is 0 Å². The van der Waals surface area contributed by atoms with E-state index in [0.29, 0.717) is 44.2 Å². The summed E-state index contributed by atoms with van der Waals surface area (Å²) in [4.78, 5) is 33.0. The van der Waals surface area contributed by atoms with Gasteiger partial charge in [-0.25, -0.2) is 0 Å². The van der Waals surface area contributed by atoms with Crippen LogP contribution in [-0.4, -0.2) is 70.7 Å². The third-order valence-corrected chi connectivity index (χ3v) is 6.87. The highest BCUT2D eigenvalue weighted by atomic mass is 16.6. The molecule has 0 aromatic heterocycles. The molecule has 7 atom stereocenters. The lowest BCUT2D eigenvalue weighted by atomic mass is 9.60. The van der Waals surface area contributed by atoms with Crippen molar-refractivity contribution in [2.24, 2.45) is 34.7 Å². The number of fused-ring (bicyclic) bond motifs is 3. The van der Waals surface area contributed by atoms with Crippen LogP contribution < -0.4 is 0 Å². The molecule has 8 heteroatoms. The van der Waals surface area contributed by atoms with Crippen LogP contribution in [0.25, 0.3) is 0 Å². The number of carbonyl (C=O) groups excluding carboxylic acids is 2. The highest BCUT2D eigenvalue weighted by Crippen LogP contribution is 2.49. The Morgan fingerprint density at radius 2 is 1.93 bits per heavy atom. The summed E-state index contributed by atoms with van der Waals surface area (Å²) in [5, 5.41) is 25.5. The molecule has 2 saturated carbocycles. The second-order valence-corrected chi connectivity index (χ2v) is 9.35. The van der Waals surface area contributed by atoms with Gasteiger partial charge in [0.1, 0.15) is 6.61 Å². The number of hydrogen-bond donors (Lipinski definition) is 2. The fourth-order valence-corrected chi connectivity index (χ4v) is 5.48. The molecule has 4 rings (SSSR count). The lowest BCUT2D eigenvalue weighted by molar-refractivity contribution is -0.143. The number of imide groups is 1. The van der Waals surface area contributed by atoms with E-state index in [4.69, 9.17) is 9.57 Å². The van der Waals surface area contributed by atoms with Crippen LogP contribution >= 0.6 is 0 Å². The van der Waals surface area contributed by atoms with Crippen LogP contribution in [0.4, 0.5) is 0 Å². The molecule has 2 amide bonds. The minimum Gasteiger partial charge on any atom is -0.396 e. The molecule has 162 valence electrons. The van der Waals surface area contributed by atoms with Gasteiger partial charge in [0.15, 0.2) is 0 Å². The van der Waals surface area contributed by atoms with Crippen molar-refractivity contribution in [3.8, 4) is 0 Å². The van der Waals surface area contributed by atoms with Crippen molar-refractivity contribution in [1.82, 2.24) is 4.90 Å². The van der Waals surface area contributed by atoms with E-state index < -0.39 is 30.0 Å². The quantitative estimate of drug-likeness (QED) is 0.518. The average molecular weight is 408 g/mol. The third-order valence-electron chi connectivity index (χ3n) is 6.87. The molecule has 0 bridgehead atoms. The Labute approximate surface area is 171 Å². The number of rotatable bonds is 5. The number of aliphatic hydroxyl groups excluding tert-OH is 2. The standard InChI is InChI=1S/C21H32N2O6/c1-11(2)10-29-22-15-8-16(24)19(25)17-13(15)5-6-14-18(17)21(27)23(20(14)26)9-12-4-3-7-28-12/h11-14,16-19,24-25H,3-10H2,1-2H3/b22-15+/t12-,13-,14+,16+,17-,18+,19+/m0/s1. The first kappa shape index (κ1) is 20.8. The Hall–Kier alpha value is -1.51. The molecular formula is C21H32N2O6. The second kappa shape index (κ2) is 8.32. The van der Waals surface area contributed by atoms with E-state index in [9.17, 15) is 19.8 Å². The van der Waals surface area contributed by atoms with Crippen molar-refractivity contribution in [2.75, 3.05) is 19.8 Å². The van der Waals surface area contributed by atoms with Gasteiger partial charge in [-0.1, -0.05) is 19.0 Å². The molecule has 2 aliphatic carbocycles. The average Bonchev–Trinajstić information content (AvgIpc) is 3.28. The van der Waals surface area contributed by atoms with Crippen molar-refractivity contribution in [2.45, 2.75) is 64.3 Å². The van der Waals surface area contributed by atoms with E-state index >= 15 is 0 Å². The molecule has 2 saturated heterocycles. The maximum atomic E-state index is 13.2. The number of amides is 2. The van der Waals surface area contributed by atoms with Gasteiger partial charge in [-0.3, -0.25) is 14.5 Å². The molecule has 4 aliphatic rings. The first-order chi connectivity index (χ1) is 13.9. The summed E-state index contributed by atoms with van der Waals surface area (Å²) in [5.74, 6) is -1.76. The van der Waals surface area contributed by atoms with Crippen molar-refractivity contribution >= 4 is 17.5 Å². The van der Waals surface area contributed by atoms with Gasteiger partial charge in [-0.15, -0.1) is 0 Å². The van der Waals surface area contributed by atoms with Crippen molar-refractivity contribution in [3.05, 3.63) is 0 Å². The molecule has 2 aliphatic heterocycles. The molecule has 0 spiro atoms. The van der Waals surface area contributed by atoms with Gasteiger partial charge in [0.05, 0.1) is 42.4 Å². The number of aliphatic hydroxyl groups is 2. The lowest BCUT2D eigenvalue weighted by Crippen LogP contribution is -2.54. The molecule has 0 aromatic rings. The monoisotopic (exact) mass is 408 g/mol.